The Morgan fingerprint density at radius 3 is 1.85 bits per heavy atom. The van der Waals surface area contributed by atoms with Gasteiger partial charge in [-0.1, -0.05) is 15.9 Å². The number of aliphatic carboxylic acids is 1. The van der Waals surface area contributed by atoms with Gasteiger partial charge < -0.3 is 9.84 Å². The van der Waals surface area contributed by atoms with Gasteiger partial charge in [0.15, 0.2) is 0 Å². The summed E-state index contributed by atoms with van der Waals surface area (Å²) in [6.45, 7) is 5.83. The lowest BCUT2D eigenvalue weighted by Gasteiger charge is -2.24. The van der Waals surface area contributed by atoms with Crippen LogP contribution in [0.4, 0.5) is 0 Å². The average molecular weight is 253 g/mol. The number of carbonyl (C=O) groups excluding carboxylic acids is 1. The maximum Gasteiger partial charge on any atom is 0.347 e. The zero-order valence-corrected chi connectivity index (χ0v) is 9.64. The summed E-state index contributed by atoms with van der Waals surface area (Å²) in [6, 6.07) is 0. The number of hydrogen-bond acceptors (Lipinski definition) is 3. The number of hydrogen-bond donors (Lipinski definition) is 1. The second-order valence-corrected chi connectivity index (χ2v) is 5.66. The van der Waals surface area contributed by atoms with E-state index in [9.17, 15) is 9.59 Å². The van der Waals surface area contributed by atoms with Gasteiger partial charge in [-0.05, 0) is 27.7 Å². The molecule has 0 heterocycles. The molecule has 0 aromatic heterocycles. The van der Waals surface area contributed by atoms with Crippen molar-refractivity contribution in [2.75, 3.05) is 0 Å². The highest BCUT2D eigenvalue weighted by Crippen LogP contribution is 2.21. The number of carbonyl (C=O) groups is 2. The smallest absolute Gasteiger partial charge is 0.347 e. The minimum atomic E-state index is -1.48. The van der Waals surface area contributed by atoms with Gasteiger partial charge in [0, 0.05) is 0 Å². The Morgan fingerprint density at radius 2 is 1.62 bits per heavy atom. The van der Waals surface area contributed by atoms with Crippen LogP contribution in [0.1, 0.15) is 27.7 Å². The van der Waals surface area contributed by atoms with Crippen LogP contribution in [-0.2, 0) is 14.3 Å². The third-order valence-electron chi connectivity index (χ3n) is 1.35. The number of alkyl halides is 1. The van der Waals surface area contributed by atoms with Gasteiger partial charge in [0.25, 0.3) is 0 Å². The summed E-state index contributed by atoms with van der Waals surface area (Å²) in [4.78, 5) is 21.8. The predicted molar refractivity (Wildman–Crippen MR) is 50.8 cm³/mol. The Hall–Kier alpha value is -0.580. The van der Waals surface area contributed by atoms with E-state index in [1.807, 2.05) is 0 Å². The van der Waals surface area contributed by atoms with Crippen molar-refractivity contribution >= 4 is 27.9 Å². The molecule has 0 aliphatic carbocycles. The highest BCUT2D eigenvalue weighted by Gasteiger charge is 2.36. The number of esters is 1. The summed E-state index contributed by atoms with van der Waals surface area (Å²) < 4.78 is 3.92. The summed E-state index contributed by atoms with van der Waals surface area (Å²) in [7, 11) is 0. The van der Waals surface area contributed by atoms with Crippen molar-refractivity contribution in [1.82, 2.24) is 0 Å². The van der Waals surface area contributed by atoms with Crippen LogP contribution in [0, 0.1) is 0 Å². The predicted octanol–water partition coefficient (Wildman–Crippen LogP) is 1.57. The molecule has 0 aliphatic heterocycles. The normalized spacial score (nSPS) is 12.4. The molecule has 1 N–H and O–H groups in total. The summed E-state index contributed by atoms with van der Waals surface area (Å²) in [5.74, 6) is -1.77. The molecule has 0 unspecified atom stereocenters. The molecule has 4 nitrogen and oxygen atoms in total. The molecule has 0 saturated carbocycles. The highest BCUT2D eigenvalue weighted by atomic mass is 79.9. The van der Waals surface area contributed by atoms with Crippen LogP contribution in [0.25, 0.3) is 0 Å². The average Bonchev–Trinajstić information content (AvgIpc) is 1.83. The third-order valence-corrected chi connectivity index (χ3v) is 1.67. The Labute approximate surface area is 85.4 Å². The number of carboxylic acids is 1. The fourth-order valence-corrected chi connectivity index (χ4v) is 0.478. The SMILES string of the molecule is CC(C)(Br)C(=O)OC(C)(C)C(=O)O. The van der Waals surface area contributed by atoms with Gasteiger partial charge in [-0.2, -0.15) is 0 Å². The first-order chi connectivity index (χ1) is 5.57. The minimum absolute atomic E-state index is 0.597. The largest absolute Gasteiger partial charge is 0.478 e. The van der Waals surface area contributed by atoms with E-state index in [0.29, 0.717) is 0 Å². The Morgan fingerprint density at radius 1 is 1.23 bits per heavy atom. The third kappa shape index (κ3) is 3.76. The molecule has 5 heteroatoms. The molecule has 0 bridgehead atoms. The molecule has 0 amide bonds. The second kappa shape index (κ2) is 3.65. The van der Waals surface area contributed by atoms with Gasteiger partial charge >= 0.3 is 11.9 Å². The maximum atomic E-state index is 11.3. The monoisotopic (exact) mass is 252 g/mol. The Bertz CT molecular complexity index is 227. The van der Waals surface area contributed by atoms with E-state index in [0.717, 1.165) is 0 Å². The molecule has 0 aromatic carbocycles. The number of ether oxygens (including phenoxy) is 1. The van der Waals surface area contributed by atoms with Gasteiger partial charge in [-0.15, -0.1) is 0 Å². The molecular formula is C8H13BrO4. The van der Waals surface area contributed by atoms with Gasteiger partial charge in [0.1, 0.15) is 4.32 Å². The minimum Gasteiger partial charge on any atom is -0.478 e. The van der Waals surface area contributed by atoms with E-state index in [2.05, 4.69) is 15.9 Å². The number of carboxylic acid groups (broad SMARTS) is 1. The molecule has 0 spiro atoms. The van der Waals surface area contributed by atoms with Crippen molar-refractivity contribution in [3.8, 4) is 0 Å². The first kappa shape index (κ1) is 12.4. The molecule has 0 aliphatic rings. The lowest BCUT2D eigenvalue weighted by atomic mass is 10.1. The van der Waals surface area contributed by atoms with E-state index in [1.54, 1.807) is 13.8 Å². The summed E-state index contributed by atoms with van der Waals surface area (Å²) >= 11 is 3.08. The van der Waals surface area contributed by atoms with Crippen molar-refractivity contribution in [2.24, 2.45) is 0 Å². The van der Waals surface area contributed by atoms with Crippen LogP contribution in [0.15, 0.2) is 0 Å². The molecule has 0 saturated heterocycles. The zero-order valence-electron chi connectivity index (χ0n) is 8.05. The van der Waals surface area contributed by atoms with Crippen molar-refractivity contribution < 1.29 is 19.4 Å². The lowest BCUT2D eigenvalue weighted by Crippen LogP contribution is -2.41. The zero-order chi connectivity index (χ0) is 10.9. The van der Waals surface area contributed by atoms with Crippen molar-refractivity contribution in [3.63, 3.8) is 0 Å². The molecule has 0 aromatic rings. The van der Waals surface area contributed by atoms with E-state index < -0.39 is 21.9 Å². The van der Waals surface area contributed by atoms with Crippen LogP contribution in [0.5, 0.6) is 0 Å². The molecule has 0 rings (SSSR count). The van der Waals surface area contributed by atoms with Crippen LogP contribution >= 0.6 is 15.9 Å². The molecule has 76 valence electrons. The standard InChI is InChI=1S/C8H13BrO4/c1-7(2,9)6(12)13-8(3,4)5(10)11/h1-4H3,(H,10,11). The fourth-order valence-electron chi connectivity index (χ4n) is 0.397. The molecule has 0 atom stereocenters. The molecule has 13 heavy (non-hydrogen) atoms. The summed E-state index contributed by atoms with van der Waals surface area (Å²) in [5.41, 5.74) is -1.48. The number of rotatable bonds is 3. The quantitative estimate of drug-likeness (QED) is 0.612. The van der Waals surface area contributed by atoms with Gasteiger partial charge in [-0.3, -0.25) is 4.79 Å². The molecule has 0 fully saturated rings. The van der Waals surface area contributed by atoms with E-state index in [-0.39, 0.29) is 0 Å². The Balaban J connectivity index is 4.47. The van der Waals surface area contributed by atoms with Crippen molar-refractivity contribution in [1.29, 1.82) is 0 Å². The van der Waals surface area contributed by atoms with Gasteiger partial charge in [-0.25, -0.2) is 4.79 Å². The molecule has 0 radical (unpaired) electrons. The summed E-state index contributed by atoms with van der Waals surface area (Å²) in [6.07, 6.45) is 0. The Kier molecular flexibility index (Phi) is 3.49. The molecular weight excluding hydrogens is 240 g/mol. The van der Waals surface area contributed by atoms with Crippen molar-refractivity contribution in [2.45, 2.75) is 37.6 Å². The summed E-state index contributed by atoms with van der Waals surface area (Å²) in [5, 5.41) is 8.66. The lowest BCUT2D eigenvalue weighted by molar-refractivity contribution is -0.175. The van der Waals surface area contributed by atoms with E-state index in [1.165, 1.54) is 13.8 Å². The first-order valence-electron chi connectivity index (χ1n) is 3.73. The maximum absolute atomic E-state index is 11.3. The van der Waals surface area contributed by atoms with Crippen LogP contribution in [0.2, 0.25) is 0 Å². The topological polar surface area (TPSA) is 63.6 Å². The number of halogens is 1. The van der Waals surface area contributed by atoms with Crippen LogP contribution in [0.3, 0.4) is 0 Å². The first-order valence-corrected chi connectivity index (χ1v) is 4.52. The van der Waals surface area contributed by atoms with Crippen LogP contribution in [-0.4, -0.2) is 27.0 Å². The second-order valence-electron chi connectivity index (χ2n) is 3.68. The van der Waals surface area contributed by atoms with E-state index in [4.69, 9.17) is 9.84 Å². The van der Waals surface area contributed by atoms with Crippen molar-refractivity contribution in [3.05, 3.63) is 0 Å². The van der Waals surface area contributed by atoms with E-state index >= 15 is 0 Å². The highest BCUT2D eigenvalue weighted by molar-refractivity contribution is 9.10. The fraction of sp³-hybridized carbons (Fsp3) is 0.750. The van der Waals surface area contributed by atoms with Gasteiger partial charge in [0.05, 0.1) is 0 Å². The van der Waals surface area contributed by atoms with Crippen LogP contribution < -0.4 is 0 Å². The van der Waals surface area contributed by atoms with Gasteiger partial charge in [0.2, 0.25) is 5.60 Å².